The van der Waals surface area contributed by atoms with Crippen LogP contribution in [0.3, 0.4) is 0 Å². The first-order chi connectivity index (χ1) is 18.5. The maximum absolute atomic E-state index is 13.9. The Morgan fingerprint density at radius 2 is 1.50 bits per heavy atom. The summed E-state index contributed by atoms with van der Waals surface area (Å²) in [6.45, 7) is 3.21. The Balaban J connectivity index is 1.47. The van der Waals surface area contributed by atoms with Gasteiger partial charge in [0, 0.05) is 31.7 Å². The summed E-state index contributed by atoms with van der Waals surface area (Å²) in [5.74, 6) is 1.23. The lowest BCUT2D eigenvalue weighted by Gasteiger charge is -2.42. The Hall–Kier alpha value is -2.08. The average Bonchev–Trinajstić information content (AvgIpc) is 2.90. The van der Waals surface area contributed by atoms with E-state index in [0.29, 0.717) is 18.4 Å². The molecule has 1 N–H and O–H groups in total. The monoisotopic (exact) mass is 524 g/mol. The van der Waals surface area contributed by atoms with Crippen molar-refractivity contribution in [2.75, 3.05) is 46.8 Å². The molecule has 1 aromatic carbocycles. The van der Waals surface area contributed by atoms with Crippen molar-refractivity contribution in [1.29, 1.82) is 0 Å². The van der Waals surface area contributed by atoms with Crippen LogP contribution < -0.4 is 5.32 Å². The van der Waals surface area contributed by atoms with E-state index in [4.69, 9.17) is 0 Å². The zero-order chi connectivity index (χ0) is 26.8. The highest BCUT2D eigenvalue weighted by molar-refractivity contribution is 5.84. The fourth-order valence-electron chi connectivity index (χ4n) is 6.90. The summed E-state index contributed by atoms with van der Waals surface area (Å²) in [5.41, 5.74) is 1.31. The number of hydrogen-bond donors (Lipinski definition) is 1. The molecule has 2 saturated carbocycles. The lowest BCUT2D eigenvalue weighted by molar-refractivity contribution is -0.122. The second-order valence-electron chi connectivity index (χ2n) is 12.5. The molecule has 1 saturated heterocycles. The van der Waals surface area contributed by atoms with Gasteiger partial charge in [0.05, 0.1) is 0 Å². The molecule has 1 aromatic rings. The molecule has 1 heterocycles. The molecule has 0 unspecified atom stereocenters. The zero-order valence-corrected chi connectivity index (χ0v) is 24.1. The van der Waals surface area contributed by atoms with Gasteiger partial charge in [-0.05, 0) is 82.9 Å². The molecule has 2 aliphatic carbocycles. The van der Waals surface area contributed by atoms with Gasteiger partial charge in [-0.3, -0.25) is 9.69 Å². The van der Waals surface area contributed by atoms with Crippen LogP contribution in [-0.2, 0) is 10.3 Å². The van der Waals surface area contributed by atoms with Crippen LogP contribution in [-0.4, -0.2) is 73.5 Å². The van der Waals surface area contributed by atoms with Crippen molar-refractivity contribution in [3.63, 3.8) is 0 Å². The van der Waals surface area contributed by atoms with Crippen molar-refractivity contribution in [3.05, 3.63) is 35.9 Å². The fourth-order valence-corrected chi connectivity index (χ4v) is 6.90. The number of urea groups is 1. The minimum Gasteiger partial charge on any atom is -0.354 e. The van der Waals surface area contributed by atoms with Crippen molar-refractivity contribution in [3.8, 4) is 0 Å². The smallest absolute Gasteiger partial charge is 0.320 e. The molecule has 6 heteroatoms. The number of carbonyl (C=O) groups is 2. The summed E-state index contributed by atoms with van der Waals surface area (Å²) < 4.78 is 0. The zero-order valence-electron chi connectivity index (χ0n) is 24.1. The SMILES string of the molecule is CN(C)[C@]1(c2ccccc2)CCCCCN(CC2CCC2)C(=O)N(CC(=O)NCC2CCCCC2)CCC1. The van der Waals surface area contributed by atoms with E-state index in [0.717, 1.165) is 58.2 Å². The first-order valence-electron chi connectivity index (χ1n) is 15.5. The average molecular weight is 525 g/mol. The van der Waals surface area contributed by atoms with Crippen LogP contribution in [0.25, 0.3) is 0 Å². The summed E-state index contributed by atoms with van der Waals surface area (Å²) in [6, 6.07) is 11.0. The molecular weight excluding hydrogens is 472 g/mol. The molecule has 0 spiro atoms. The van der Waals surface area contributed by atoms with E-state index in [1.165, 1.54) is 56.9 Å². The highest BCUT2D eigenvalue weighted by Gasteiger charge is 2.35. The van der Waals surface area contributed by atoms with Crippen molar-refractivity contribution in [1.82, 2.24) is 20.0 Å². The molecular formula is C32H52N4O2. The van der Waals surface area contributed by atoms with E-state index in [-0.39, 0.29) is 24.0 Å². The summed E-state index contributed by atoms with van der Waals surface area (Å²) in [7, 11) is 4.39. The van der Waals surface area contributed by atoms with Gasteiger partial charge < -0.3 is 15.1 Å². The van der Waals surface area contributed by atoms with E-state index in [1.54, 1.807) is 0 Å². The molecule has 0 radical (unpaired) electrons. The van der Waals surface area contributed by atoms with Gasteiger partial charge in [0.1, 0.15) is 6.54 Å². The molecule has 0 aromatic heterocycles. The maximum Gasteiger partial charge on any atom is 0.320 e. The Labute approximate surface area is 231 Å². The number of hydrogen-bond acceptors (Lipinski definition) is 3. The van der Waals surface area contributed by atoms with Crippen LogP contribution in [0, 0.1) is 11.8 Å². The molecule has 0 bridgehead atoms. The standard InChI is InChI=1S/C32H52N4O2/c1-34(2)32(29-18-8-4-9-19-29)20-10-5-11-22-35(25-28-16-12-17-28)31(38)36(23-13-21-32)26-30(37)33-24-27-14-6-3-7-15-27/h4,8-9,18-19,27-28H,3,5-7,10-17,20-26H2,1-2H3,(H,33,37)/t32-/m1/s1. The summed E-state index contributed by atoms with van der Waals surface area (Å²) in [5, 5.41) is 3.19. The molecule has 1 aliphatic heterocycles. The molecule has 38 heavy (non-hydrogen) atoms. The Morgan fingerprint density at radius 1 is 0.842 bits per heavy atom. The fraction of sp³-hybridized carbons (Fsp3) is 0.750. The van der Waals surface area contributed by atoms with E-state index in [9.17, 15) is 9.59 Å². The maximum atomic E-state index is 13.9. The molecule has 4 rings (SSSR count). The molecule has 3 fully saturated rings. The van der Waals surface area contributed by atoms with Crippen molar-refractivity contribution >= 4 is 11.9 Å². The highest BCUT2D eigenvalue weighted by Crippen LogP contribution is 2.37. The van der Waals surface area contributed by atoms with E-state index in [2.05, 4.69) is 59.5 Å². The van der Waals surface area contributed by atoms with E-state index >= 15 is 0 Å². The van der Waals surface area contributed by atoms with Gasteiger partial charge in [0.2, 0.25) is 5.91 Å². The third-order valence-electron chi connectivity index (χ3n) is 9.60. The minimum absolute atomic E-state index is 0.00143. The molecule has 212 valence electrons. The van der Waals surface area contributed by atoms with Gasteiger partial charge in [0.25, 0.3) is 0 Å². The van der Waals surface area contributed by atoms with Crippen LogP contribution >= 0.6 is 0 Å². The lowest BCUT2D eigenvalue weighted by atomic mass is 9.79. The lowest BCUT2D eigenvalue weighted by Crippen LogP contribution is -2.50. The number of amides is 3. The number of nitrogens with one attached hydrogen (secondary N) is 1. The van der Waals surface area contributed by atoms with Gasteiger partial charge in [0.15, 0.2) is 0 Å². The topological polar surface area (TPSA) is 55.9 Å². The molecule has 6 nitrogen and oxygen atoms in total. The van der Waals surface area contributed by atoms with Crippen LogP contribution in [0.4, 0.5) is 4.79 Å². The van der Waals surface area contributed by atoms with Gasteiger partial charge >= 0.3 is 6.03 Å². The first kappa shape index (κ1) is 28.9. The minimum atomic E-state index is -0.0516. The van der Waals surface area contributed by atoms with Crippen LogP contribution in [0.2, 0.25) is 0 Å². The molecule has 3 amide bonds. The number of benzene rings is 1. The van der Waals surface area contributed by atoms with Crippen LogP contribution in [0.15, 0.2) is 30.3 Å². The highest BCUT2D eigenvalue weighted by atomic mass is 16.2. The third-order valence-corrected chi connectivity index (χ3v) is 9.60. The molecule has 1 atom stereocenters. The van der Waals surface area contributed by atoms with Gasteiger partial charge in [-0.15, -0.1) is 0 Å². The normalized spacial score (nSPS) is 25.0. The number of nitrogens with zero attached hydrogens (tertiary/aromatic N) is 3. The largest absolute Gasteiger partial charge is 0.354 e. The van der Waals surface area contributed by atoms with Crippen molar-refractivity contribution in [2.45, 2.75) is 95.4 Å². The predicted molar refractivity (Wildman–Crippen MR) is 155 cm³/mol. The number of carbonyl (C=O) groups excluding carboxylic acids is 2. The summed E-state index contributed by atoms with van der Waals surface area (Å²) in [6.07, 6.45) is 16.3. The van der Waals surface area contributed by atoms with Gasteiger partial charge in [-0.25, -0.2) is 4.79 Å². The van der Waals surface area contributed by atoms with E-state index < -0.39 is 0 Å². The first-order valence-corrected chi connectivity index (χ1v) is 15.5. The Bertz CT molecular complexity index is 865. The number of rotatable bonds is 8. The van der Waals surface area contributed by atoms with Gasteiger partial charge in [-0.2, -0.15) is 0 Å². The summed E-state index contributed by atoms with van der Waals surface area (Å²) in [4.78, 5) is 33.3. The van der Waals surface area contributed by atoms with Crippen LogP contribution in [0.1, 0.15) is 95.5 Å². The quantitative estimate of drug-likeness (QED) is 0.453. The van der Waals surface area contributed by atoms with Gasteiger partial charge in [-0.1, -0.05) is 68.9 Å². The van der Waals surface area contributed by atoms with Crippen LogP contribution in [0.5, 0.6) is 0 Å². The predicted octanol–water partition coefficient (Wildman–Crippen LogP) is 6.02. The summed E-state index contributed by atoms with van der Waals surface area (Å²) >= 11 is 0. The second-order valence-corrected chi connectivity index (χ2v) is 12.5. The second kappa shape index (κ2) is 14.3. The van der Waals surface area contributed by atoms with Crippen molar-refractivity contribution in [2.24, 2.45) is 11.8 Å². The molecule has 3 aliphatic rings. The Kier molecular flexibility index (Phi) is 10.9. The van der Waals surface area contributed by atoms with Crippen molar-refractivity contribution < 1.29 is 9.59 Å². The third kappa shape index (κ3) is 7.74. The van der Waals surface area contributed by atoms with E-state index in [1.807, 2.05) is 4.90 Å². The Morgan fingerprint density at radius 3 is 2.18 bits per heavy atom.